The van der Waals surface area contributed by atoms with Gasteiger partial charge in [-0.05, 0) is 6.92 Å². The fraction of sp³-hybridized carbons (Fsp3) is 0.143. The molecule has 0 unspecified atom stereocenters. The van der Waals surface area contributed by atoms with E-state index in [-0.39, 0.29) is 16.7 Å². The number of hydrogen-bond donors (Lipinski definition) is 2. The Morgan fingerprint density at radius 3 is 2.93 bits per heavy atom. The second-order valence-electron chi connectivity index (χ2n) is 2.81. The van der Waals surface area contributed by atoms with Gasteiger partial charge in [-0.3, -0.25) is 14.9 Å². The number of fused-ring (bicyclic) bond motifs is 1. The number of hydrogen-bond acceptors (Lipinski definition) is 4. The average molecular weight is 194 g/mol. The molecule has 0 aliphatic carbocycles. The van der Waals surface area contributed by atoms with E-state index < -0.39 is 10.5 Å². The van der Waals surface area contributed by atoms with Crippen molar-refractivity contribution in [3.63, 3.8) is 0 Å². The first-order chi connectivity index (χ1) is 6.59. The van der Waals surface area contributed by atoms with Crippen LogP contribution < -0.4 is 5.56 Å². The normalized spacial score (nSPS) is 10.6. The van der Waals surface area contributed by atoms with Gasteiger partial charge in [-0.15, -0.1) is 0 Å². The summed E-state index contributed by atoms with van der Waals surface area (Å²) in [5.41, 5.74) is -0.367. The second-order valence-corrected chi connectivity index (χ2v) is 2.81. The predicted molar refractivity (Wildman–Crippen MR) is 48.1 cm³/mol. The number of nitro groups is 1. The summed E-state index contributed by atoms with van der Waals surface area (Å²) in [5, 5.41) is 10.5. The lowest BCUT2D eigenvalue weighted by Gasteiger charge is -1.91. The SMILES string of the molecule is Cc1nc2c([N+](=O)[O-])c[nH]c2c(=O)[nH]1. The molecule has 2 aromatic rings. The zero-order valence-corrected chi connectivity index (χ0v) is 7.20. The summed E-state index contributed by atoms with van der Waals surface area (Å²) in [4.78, 5) is 30.1. The quantitative estimate of drug-likeness (QED) is 0.508. The minimum atomic E-state index is -0.579. The van der Waals surface area contributed by atoms with Crippen molar-refractivity contribution >= 4 is 16.7 Å². The van der Waals surface area contributed by atoms with Crippen molar-refractivity contribution in [3.05, 3.63) is 32.5 Å². The van der Waals surface area contributed by atoms with Crippen LogP contribution in [0, 0.1) is 17.0 Å². The molecular weight excluding hydrogens is 188 g/mol. The van der Waals surface area contributed by atoms with E-state index in [1.54, 1.807) is 6.92 Å². The summed E-state index contributed by atoms with van der Waals surface area (Å²) in [5.74, 6) is 0.352. The van der Waals surface area contributed by atoms with Gasteiger partial charge in [0.1, 0.15) is 11.3 Å². The summed E-state index contributed by atoms with van der Waals surface area (Å²) in [6.45, 7) is 1.57. The van der Waals surface area contributed by atoms with E-state index in [0.29, 0.717) is 5.82 Å². The minimum Gasteiger partial charge on any atom is -0.349 e. The molecule has 0 aliphatic rings. The Balaban J connectivity index is 2.92. The maximum absolute atomic E-state index is 11.3. The number of aromatic nitrogens is 3. The zero-order valence-electron chi connectivity index (χ0n) is 7.20. The molecule has 0 atom stereocenters. The molecule has 2 N–H and O–H groups in total. The van der Waals surface area contributed by atoms with Crippen molar-refractivity contribution in [1.29, 1.82) is 0 Å². The lowest BCUT2D eigenvalue weighted by atomic mass is 10.4. The first kappa shape index (κ1) is 8.42. The number of aryl methyl sites for hydroxylation is 1. The van der Waals surface area contributed by atoms with Gasteiger partial charge in [0.2, 0.25) is 0 Å². The fourth-order valence-corrected chi connectivity index (χ4v) is 1.25. The third-order valence-electron chi connectivity index (χ3n) is 1.83. The summed E-state index contributed by atoms with van der Waals surface area (Å²) < 4.78 is 0. The Bertz CT molecular complexity index is 568. The topological polar surface area (TPSA) is 105 Å². The van der Waals surface area contributed by atoms with Gasteiger partial charge in [0.15, 0.2) is 5.52 Å². The molecule has 2 heterocycles. The highest BCUT2D eigenvalue weighted by atomic mass is 16.6. The Labute approximate surface area is 76.9 Å². The Morgan fingerprint density at radius 2 is 2.29 bits per heavy atom. The number of nitrogens with zero attached hydrogens (tertiary/aromatic N) is 2. The highest BCUT2D eigenvalue weighted by molar-refractivity contribution is 5.83. The maximum Gasteiger partial charge on any atom is 0.313 e. The van der Waals surface area contributed by atoms with Crippen LogP contribution >= 0.6 is 0 Å². The van der Waals surface area contributed by atoms with E-state index in [0.717, 1.165) is 6.20 Å². The second kappa shape index (κ2) is 2.66. The van der Waals surface area contributed by atoms with Gasteiger partial charge in [-0.2, -0.15) is 0 Å². The highest BCUT2D eigenvalue weighted by Crippen LogP contribution is 2.19. The molecule has 0 bridgehead atoms. The predicted octanol–water partition coefficient (Wildman–Crippen LogP) is 0.468. The van der Waals surface area contributed by atoms with E-state index in [1.807, 2.05) is 0 Å². The molecule has 0 aliphatic heterocycles. The van der Waals surface area contributed by atoms with Gasteiger partial charge in [-0.25, -0.2) is 4.98 Å². The average Bonchev–Trinajstić information content (AvgIpc) is 2.47. The van der Waals surface area contributed by atoms with Crippen LogP contribution in [0.5, 0.6) is 0 Å². The standard InChI is InChI=1S/C7H6N4O3/c1-3-9-5-4(11(13)14)2-8-6(5)7(12)10-3/h2,8H,1H3,(H,9,10,12). The molecule has 7 nitrogen and oxygen atoms in total. The number of nitrogens with one attached hydrogen (secondary N) is 2. The molecule has 0 saturated heterocycles. The number of H-pyrrole nitrogens is 2. The molecular formula is C7H6N4O3. The molecule has 0 fully saturated rings. The van der Waals surface area contributed by atoms with Crippen molar-refractivity contribution in [2.24, 2.45) is 0 Å². The van der Waals surface area contributed by atoms with E-state index in [1.165, 1.54) is 0 Å². The van der Waals surface area contributed by atoms with Crippen molar-refractivity contribution in [1.82, 2.24) is 15.0 Å². The Kier molecular flexibility index (Phi) is 1.60. The minimum absolute atomic E-state index is 0.0938. The largest absolute Gasteiger partial charge is 0.349 e. The van der Waals surface area contributed by atoms with Gasteiger partial charge >= 0.3 is 5.69 Å². The Hall–Kier alpha value is -2.18. The van der Waals surface area contributed by atoms with Crippen LogP contribution in [0.15, 0.2) is 11.0 Å². The van der Waals surface area contributed by atoms with Crippen LogP contribution in [-0.2, 0) is 0 Å². The van der Waals surface area contributed by atoms with Crippen molar-refractivity contribution in [3.8, 4) is 0 Å². The lowest BCUT2D eigenvalue weighted by Crippen LogP contribution is -2.09. The van der Waals surface area contributed by atoms with Crippen LogP contribution in [0.3, 0.4) is 0 Å². The third kappa shape index (κ3) is 1.06. The zero-order chi connectivity index (χ0) is 10.3. The summed E-state index contributed by atoms with van der Waals surface area (Å²) in [6.07, 6.45) is 1.16. The van der Waals surface area contributed by atoms with E-state index in [9.17, 15) is 14.9 Å². The van der Waals surface area contributed by atoms with Gasteiger partial charge in [-0.1, -0.05) is 0 Å². The van der Waals surface area contributed by atoms with Crippen molar-refractivity contribution in [2.45, 2.75) is 6.92 Å². The molecule has 0 radical (unpaired) electrons. The van der Waals surface area contributed by atoms with Crippen LogP contribution in [0.4, 0.5) is 5.69 Å². The van der Waals surface area contributed by atoms with E-state index in [2.05, 4.69) is 15.0 Å². The monoisotopic (exact) mass is 194 g/mol. The van der Waals surface area contributed by atoms with Gasteiger partial charge in [0.25, 0.3) is 5.56 Å². The van der Waals surface area contributed by atoms with Gasteiger partial charge in [0, 0.05) is 0 Å². The van der Waals surface area contributed by atoms with E-state index >= 15 is 0 Å². The highest BCUT2D eigenvalue weighted by Gasteiger charge is 2.17. The fourth-order valence-electron chi connectivity index (χ4n) is 1.25. The molecule has 0 spiro atoms. The number of aromatic amines is 2. The molecule has 0 amide bonds. The van der Waals surface area contributed by atoms with Crippen LogP contribution in [-0.4, -0.2) is 19.9 Å². The third-order valence-corrected chi connectivity index (χ3v) is 1.83. The first-order valence-electron chi connectivity index (χ1n) is 3.82. The molecule has 0 aromatic carbocycles. The van der Waals surface area contributed by atoms with Crippen molar-refractivity contribution < 1.29 is 4.92 Å². The van der Waals surface area contributed by atoms with Gasteiger partial charge in [0.05, 0.1) is 11.1 Å². The van der Waals surface area contributed by atoms with E-state index in [4.69, 9.17) is 0 Å². The van der Waals surface area contributed by atoms with Crippen molar-refractivity contribution in [2.75, 3.05) is 0 Å². The van der Waals surface area contributed by atoms with Gasteiger partial charge < -0.3 is 9.97 Å². The van der Waals surface area contributed by atoms with Crippen LogP contribution in [0.25, 0.3) is 11.0 Å². The molecule has 2 aromatic heterocycles. The summed E-state index contributed by atoms with van der Waals surface area (Å²) in [6, 6.07) is 0. The maximum atomic E-state index is 11.3. The lowest BCUT2D eigenvalue weighted by molar-refractivity contribution is -0.383. The molecule has 2 rings (SSSR count). The smallest absolute Gasteiger partial charge is 0.313 e. The Morgan fingerprint density at radius 1 is 1.57 bits per heavy atom. The van der Waals surface area contributed by atoms with Crippen LogP contribution in [0.1, 0.15) is 5.82 Å². The summed E-state index contributed by atoms with van der Waals surface area (Å²) in [7, 11) is 0. The van der Waals surface area contributed by atoms with Crippen LogP contribution in [0.2, 0.25) is 0 Å². The molecule has 0 saturated carbocycles. The molecule has 7 heteroatoms. The molecule has 72 valence electrons. The summed E-state index contributed by atoms with van der Waals surface area (Å²) >= 11 is 0. The first-order valence-corrected chi connectivity index (χ1v) is 3.82. The number of rotatable bonds is 1. The molecule has 14 heavy (non-hydrogen) atoms.